The van der Waals surface area contributed by atoms with Crippen LogP contribution in [0.3, 0.4) is 0 Å². The van der Waals surface area contributed by atoms with Crippen molar-refractivity contribution < 1.29 is 22.8 Å². The van der Waals surface area contributed by atoms with E-state index in [0.717, 1.165) is 18.2 Å². The molecule has 0 radical (unpaired) electrons. The highest BCUT2D eigenvalue weighted by atomic mass is 32.1. The molecule has 1 saturated carbocycles. The van der Waals surface area contributed by atoms with E-state index in [4.69, 9.17) is 0 Å². The van der Waals surface area contributed by atoms with Crippen molar-refractivity contribution in [3.63, 3.8) is 0 Å². The minimum Gasteiger partial charge on any atom is -0.349 e. The number of alkyl halides is 3. The Labute approximate surface area is 150 Å². The third-order valence-electron chi connectivity index (χ3n) is 3.54. The van der Waals surface area contributed by atoms with Crippen molar-refractivity contribution in [2.24, 2.45) is 0 Å². The van der Waals surface area contributed by atoms with E-state index >= 15 is 0 Å². The number of nitrogens with one attached hydrogen (secondary N) is 2. The first-order chi connectivity index (χ1) is 12.3. The zero-order chi connectivity index (χ0) is 18.7. The van der Waals surface area contributed by atoms with Crippen molar-refractivity contribution in [3.05, 3.63) is 52.5 Å². The fourth-order valence-electron chi connectivity index (χ4n) is 2.02. The maximum absolute atomic E-state index is 12.5. The third-order valence-corrected chi connectivity index (χ3v) is 4.30. The summed E-state index contributed by atoms with van der Waals surface area (Å²) in [4.78, 5) is 27.0. The van der Waals surface area contributed by atoms with E-state index in [1.54, 1.807) is 24.3 Å². The van der Waals surface area contributed by atoms with Crippen molar-refractivity contribution in [2.75, 3.05) is 5.32 Å². The average molecular weight is 381 g/mol. The number of aromatic nitrogens is 1. The molecule has 1 aliphatic carbocycles. The van der Waals surface area contributed by atoms with E-state index in [1.165, 1.54) is 12.2 Å². The van der Waals surface area contributed by atoms with E-state index in [0.29, 0.717) is 22.5 Å². The number of anilines is 1. The molecule has 0 saturated heterocycles. The Hall–Kier alpha value is -2.68. The van der Waals surface area contributed by atoms with Gasteiger partial charge in [0.15, 0.2) is 10.8 Å². The maximum Gasteiger partial charge on any atom is 0.434 e. The summed E-state index contributed by atoms with van der Waals surface area (Å²) in [5.74, 6) is -0.728. The molecule has 1 aromatic heterocycles. The van der Waals surface area contributed by atoms with Gasteiger partial charge < -0.3 is 5.32 Å². The Kier molecular flexibility index (Phi) is 5.08. The lowest BCUT2D eigenvalue weighted by atomic mass is 10.1. The van der Waals surface area contributed by atoms with Gasteiger partial charge in [-0.1, -0.05) is 12.1 Å². The molecule has 9 heteroatoms. The van der Waals surface area contributed by atoms with Gasteiger partial charge in [-0.05, 0) is 36.6 Å². The number of hydrogen-bond acceptors (Lipinski definition) is 4. The number of nitrogens with zero attached hydrogens (tertiary/aromatic N) is 1. The molecule has 136 valence electrons. The van der Waals surface area contributed by atoms with E-state index in [1.807, 2.05) is 0 Å². The summed E-state index contributed by atoms with van der Waals surface area (Å²) < 4.78 is 37.4. The van der Waals surface area contributed by atoms with Crippen LogP contribution in [0.25, 0.3) is 6.08 Å². The molecule has 1 heterocycles. The molecule has 0 aliphatic heterocycles. The highest BCUT2D eigenvalue weighted by Gasteiger charge is 2.33. The third kappa shape index (κ3) is 4.92. The minimum atomic E-state index is -4.54. The molecule has 3 rings (SSSR count). The molecule has 0 unspecified atom stereocenters. The summed E-state index contributed by atoms with van der Waals surface area (Å²) in [7, 11) is 0. The highest BCUT2D eigenvalue weighted by Crippen LogP contribution is 2.31. The predicted octanol–water partition coefficient (Wildman–Crippen LogP) is 3.71. The lowest BCUT2D eigenvalue weighted by Gasteiger charge is -2.03. The first-order valence-corrected chi connectivity index (χ1v) is 8.62. The lowest BCUT2D eigenvalue weighted by molar-refractivity contribution is -0.140. The van der Waals surface area contributed by atoms with Crippen molar-refractivity contribution in [1.82, 2.24) is 10.3 Å². The Morgan fingerprint density at radius 3 is 2.46 bits per heavy atom. The quantitative estimate of drug-likeness (QED) is 0.776. The first kappa shape index (κ1) is 18.1. The van der Waals surface area contributed by atoms with Gasteiger partial charge in [-0.3, -0.25) is 14.9 Å². The van der Waals surface area contributed by atoms with Crippen LogP contribution in [0.15, 0.2) is 35.7 Å². The maximum atomic E-state index is 12.5. The number of benzene rings is 1. The molecule has 2 aromatic rings. The van der Waals surface area contributed by atoms with Gasteiger partial charge in [0.1, 0.15) is 0 Å². The Morgan fingerprint density at radius 1 is 1.19 bits per heavy atom. The molecule has 0 spiro atoms. The predicted molar refractivity (Wildman–Crippen MR) is 91.7 cm³/mol. The van der Waals surface area contributed by atoms with Crippen molar-refractivity contribution in [1.29, 1.82) is 0 Å². The van der Waals surface area contributed by atoms with E-state index in [2.05, 4.69) is 15.6 Å². The minimum absolute atomic E-state index is 0.126. The fraction of sp³-hybridized carbons (Fsp3) is 0.235. The molecule has 2 N–H and O–H groups in total. The number of carbonyl (C=O) groups excluding carboxylic acids is 2. The SMILES string of the molecule is O=C(C=Cc1ccc(C(=O)NC2CC2)cc1)Nc1nc(C(F)(F)F)cs1. The monoisotopic (exact) mass is 381 g/mol. The van der Waals surface area contributed by atoms with Gasteiger partial charge in [-0.25, -0.2) is 4.98 Å². The van der Waals surface area contributed by atoms with Gasteiger partial charge in [0.25, 0.3) is 5.91 Å². The van der Waals surface area contributed by atoms with E-state index < -0.39 is 17.8 Å². The number of halogens is 3. The van der Waals surface area contributed by atoms with Crippen LogP contribution in [0.5, 0.6) is 0 Å². The molecule has 26 heavy (non-hydrogen) atoms. The Morgan fingerprint density at radius 2 is 1.88 bits per heavy atom. The highest BCUT2D eigenvalue weighted by molar-refractivity contribution is 7.14. The van der Waals surface area contributed by atoms with Gasteiger partial charge in [-0.2, -0.15) is 13.2 Å². The van der Waals surface area contributed by atoms with E-state index in [9.17, 15) is 22.8 Å². The number of rotatable bonds is 5. The normalized spacial score (nSPS) is 14.4. The summed E-state index contributed by atoms with van der Waals surface area (Å²) in [6.45, 7) is 0. The number of thiazole rings is 1. The number of amides is 2. The van der Waals surface area contributed by atoms with Crippen LogP contribution in [-0.4, -0.2) is 22.8 Å². The van der Waals surface area contributed by atoms with Gasteiger partial charge in [0.2, 0.25) is 5.91 Å². The number of carbonyl (C=O) groups is 2. The molecule has 0 bridgehead atoms. The van der Waals surface area contributed by atoms with Crippen LogP contribution in [0.4, 0.5) is 18.3 Å². The molecule has 1 fully saturated rings. The second kappa shape index (κ2) is 7.28. The molecule has 5 nitrogen and oxygen atoms in total. The van der Waals surface area contributed by atoms with Crippen molar-refractivity contribution in [2.45, 2.75) is 25.1 Å². The Balaban J connectivity index is 1.55. The molecule has 0 atom stereocenters. The molecular formula is C17H14F3N3O2S. The topological polar surface area (TPSA) is 71.1 Å². The second-order valence-electron chi connectivity index (χ2n) is 5.73. The van der Waals surface area contributed by atoms with Crippen LogP contribution in [0, 0.1) is 0 Å². The van der Waals surface area contributed by atoms with Gasteiger partial charge in [0, 0.05) is 23.1 Å². The van der Waals surface area contributed by atoms with Crippen molar-refractivity contribution >= 4 is 34.4 Å². The summed E-state index contributed by atoms with van der Waals surface area (Å²) >= 11 is 0.700. The molecule has 2 amide bonds. The van der Waals surface area contributed by atoms with Crippen LogP contribution in [0.2, 0.25) is 0 Å². The zero-order valence-electron chi connectivity index (χ0n) is 13.3. The Bertz CT molecular complexity index is 840. The molecular weight excluding hydrogens is 367 g/mol. The molecule has 1 aromatic carbocycles. The first-order valence-electron chi connectivity index (χ1n) is 7.74. The van der Waals surface area contributed by atoms with Gasteiger partial charge in [0.05, 0.1) is 0 Å². The van der Waals surface area contributed by atoms with Crippen LogP contribution >= 0.6 is 11.3 Å². The average Bonchev–Trinajstić information content (AvgIpc) is 3.27. The standard InChI is InChI=1S/C17H14F3N3O2S/c18-17(19,20)13-9-26-16(22-13)23-14(24)8-3-10-1-4-11(5-2-10)15(25)21-12-6-7-12/h1-5,8-9,12H,6-7H2,(H,21,25)(H,22,23,24). The van der Waals surface area contributed by atoms with Crippen LogP contribution in [0.1, 0.15) is 34.5 Å². The molecule has 1 aliphatic rings. The van der Waals surface area contributed by atoms with Crippen LogP contribution < -0.4 is 10.6 Å². The smallest absolute Gasteiger partial charge is 0.349 e. The summed E-state index contributed by atoms with van der Waals surface area (Å²) in [6.07, 6.45) is 0.156. The summed E-state index contributed by atoms with van der Waals surface area (Å²) in [5.41, 5.74) is 0.168. The number of hydrogen-bond donors (Lipinski definition) is 2. The van der Waals surface area contributed by atoms with Crippen molar-refractivity contribution in [3.8, 4) is 0 Å². The largest absolute Gasteiger partial charge is 0.434 e. The van der Waals surface area contributed by atoms with Crippen LogP contribution in [-0.2, 0) is 11.0 Å². The van der Waals surface area contributed by atoms with E-state index in [-0.39, 0.29) is 17.1 Å². The summed E-state index contributed by atoms with van der Waals surface area (Å²) in [5, 5.41) is 5.87. The van der Waals surface area contributed by atoms with Gasteiger partial charge in [-0.15, -0.1) is 11.3 Å². The zero-order valence-corrected chi connectivity index (χ0v) is 14.2. The fourth-order valence-corrected chi connectivity index (χ4v) is 2.74. The van der Waals surface area contributed by atoms with Gasteiger partial charge >= 0.3 is 6.18 Å². The second-order valence-corrected chi connectivity index (χ2v) is 6.59. The lowest BCUT2D eigenvalue weighted by Crippen LogP contribution is -2.25. The summed E-state index contributed by atoms with van der Waals surface area (Å²) in [6, 6.07) is 6.92.